The summed E-state index contributed by atoms with van der Waals surface area (Å²) in [6.07, 6.45) is 2.05. The summed E-state index contributed by atoms with van der Waals surface area (Å²) in [6.45, 7) is 1.99. The van der Waals surface area contributed by atoms with Crippen molar-refractivity contribution in [2.75, 3.05) is 0 Å². The third kappa shape index (κ3) is 2.44. The van der Waals surface area contributed by atoms with Crippen LogP contribution in [0.4, 0.5) is 0 Å². The Hall–Kier alpha value is -1.81. The molecule has 0 radical (unpaired) electrons. The van der Waals surface area contributed by atoms with E-state index >= 15 is 0 Å². The molecule has 110 valence electrons. The van der Waals surface area contributed by atoms with Crippen LogP contribution in [-0.2, 0) is 11.2 Å². The molecular weight excluding hydrogens is 290 g/mol. The maximum Gasteiger partial charge on any atom is 0.307 e. The maximum absolute atomic E-state index is 11.4. The van der Waals surface area contributed by atoms with Crippen LogP contribution in [0.25, 0.3) is 11.3 Å². The minimum Gasteiger partial charge on any atom is -0.481 e. The van der Waals surface area contributed by atoms with Gasteiger partial charge in [-0.3, -0.25) is 4.79 Å². The van der Waals surface area contributed by atoms with Gasteiger partial charge in [0.15, 0.2) is 0 Å². The summed E-state index contributed by atoms with van der Waals surface area (Å²) in [5, 5.41) is 14.2. The van der Waals surface area contributed by atoms with E-state index < -0.39 is 5.97 Å². The Bertz CT molecular complexity index is 663. The zero-order chi connectivity index (χ0) is 15.0. The molecule has 2 aromatic rings. The summed E-state index contributed by atoms with van der Waals surface area (Å²) in [4.78, 5) is 11.4. The molecule has 0 saturated carbocycles. The number of benzene rings is 1. The molecule has 0 fully saturated rings. The van der Waals surface area contributed by atoms with Gasteiger partial charge in [0.25, 0.3) is 0 Å². The van der Waals surface area contributed by atoms with Crippen molar-refractivity contribution in [3.63, 3.8) is 0 Å². The minimum absolute atomic E-state index is 0.0974. The van der Waals surface area contributed by atoms with Crippen molar-refractivity contribution in [2.24, 2.45) is 5.92 Å². The molecule has 5 heteroatoms. The molecule has 4 nitrogen and oxygen atoms in total. The van der Waals surface area contributed by atoms with Crippen LogP contribution in [0, 0.1) is 5.92 Å². The molecule has 1 aromatic heterocycles. The van der Waals surface area contributed by atoms with Gasteiger partial charge in [0.05, 0.1) is 5.92 Å². The monoisotopic (exact) mass is 305 g/mol. The second-order valence-electron chi connectivity index (χ2n) is 5.38. The number of carboxylic acids is 1. The summed E-state index contributed by atoms with van der Waals surface area (Å²) in [5.74, 6) is -0.494. The quantitative estimate of drug-likeness (QED) is 0.926. The molecule has 1 heterocycles. The lowest BCUT2D eigenvalue weighted by atomic mass is 9.76. The van der Waals surface area contributed by atoms with Gasteiger partial charge >= 0.3 is 5.97 Å². The lowest BCUT2D eigenvalue weighted by molar-refractivity contribution is -0.143. The van der Waals surface area contributed by atoms with Gasteiger partial charge in [0.1, 0.15) is 11.5 Å². The van der Waals surface area contributed by atoms with Crippen molar-refractivity contribution in [2.45, 2.75) is 32.1 Å². The van der Waals surface area contributed by atoms with E-state index in [1.807, 2.05) is 31.2 Å². The lowest BCUT2D eigenvalue weighted by Crippen LogP contribution is -2.26. The van der Waals surface area contributed by atoms with Crippen molar-refractivity contribution in [3.05, 3.63) is 40.6 Å². The zero-order valence-electron chi connectivity index (χ0n) is 11.7. The highest BCUT2D eigenvalue weighted by molar-refractivity contribution is 6.30. The fraction of sp³-hybridized carbons (Fsp3) is 0.375. The molecule has 1 N–H and O–H groups in total. The number of carboxylic acid groups (broad SMARTS) is 1. The highest BCUT2D eigenvalue weighted by Crippen LogP contribution is 2.42. The Labute approximate surface area is 127 Å². The summed E-state index contributed by atoms with van der Waals surface area (Å²) in [7, 11) is 0. The molecule has 3 rings (SSSR count). The van der Waals surface area contributed by atoms with Crippen LogP contribution in [0.3, 0.4) is 0 Å². The standard InChI is InChI=1S/C16H16ClNO3/c1-2-11-12(16(19)20)7-8-13-14(18-21-15(11)13)9-3-5-10(17)6-4-9/h3-6,11-12H,2,7-8H2,1H3,(H,19,20). The van der Waals surface area contributed by atoms with Gasteiger partial charge in [-0.15, -0.1) is 0 Å². The predicted molar refractivity (Wildman–Crippen MR) is 79.4 cm³/mol. The largest absolute Gasteiger partial charge is 0.481 e. The predicted octanol–water partition coefficient (Wildman–Crippen LogP) is 4.14. The van der Waals surface area contributed by atoms with Crippen LogP contribution in [-0.4, -0.2) is 16.2 Å². The van der Waals surface area contributed by atoms with Gasteiger partial charge in [0, 0.05) is 22.1 Å². The molecule has 1 aromatic carbocycles. The van der Waals surface area contributed by atoms with Crippen molar-refractivity contribution in [1.82, 2.24) is 5.16 Å². The molecule has 2 atom stereocenters. The van der Waals surface area contributed by atoms with E-state index in [1.165, 1.54) is 0 Å². The molecule has 0 saturated heterocycles. The van der Waals surface area contributed by atoms with Gasteiger partial charge in [-0.2, -0.15) is 0 Å². The zero-order valence-corrected chi connectivity index (χ0v) is 12.4. The SMILES string of the molecule is CCC1c2onc(-c3ccc(Cl)cc3)c2CCC1C(=O)O. The van der Waals surface area contributed by atoms with Crippen LogP contribution in [0.1, 0.15) is 37.0 Å². The molecule has 2 unspecified atom stereocenters. The fourth-order valence-electron chi connectivity index (χ4n) is 3.14. The highest BCUT2D eigenvalue weighted by Gasteiger charge is 2.38. The first kappa shape index (κ1) is 14.1. The second-order valence-corrected chi connectivity index (χ2v) is 5.82. The molecule has 21 heavy (non-hydrogen) atoms. The average Bonchev–Trinajstić information content (AvgIpc) is 2.90. The Morgan fingerprint density at radius 2 is 2.14 bits per heavy atom. The first-order valence-electron chi connectivity index (χ1n) is 7.09. The van der Waals surface area contributed by atoms with Crippen molar-refractivity contribution >= 4 is 17.6 Å². The number of aromatic nitrogens is 1. The van der Waals surface area contributed by atoms with Crippen molar-refractivity contribution < 1.29 is 14.4 Å². The number of nitrogens with zero attached hydrogens (tertiary/aromatic N) is 1. The van der Waals surface area contributed by atoms with E-state index in [9.17, 15) is 9.90 Å². The van der Waals surface area contributed by atoms with Crippen molar-refractivity contribution in [1.29, 1.82) is 0 Å². The fourth-order valence-corrected chi connectivity index (χ4v) is 3.26. The first-order valence-corrected chi connectivity index (χ1v) is 7.46. The number of rotatable bonds is 3. The van der Waals surface area contributed by atoms with E-state index in [4.69, 9.17) is 16.1 Å². The summed E-state index contributed by atoms with van der Waals surface area (Å²) < 4.78 is 5.51. The normalized spacial score (nSPS) is 21.0. The number of fused-ring (bicyclic) bond motifs is 1. The second kappa shape index (κ2) is 5.53. The molecule has 0 amide bonds. The van der Waals surface area contributed by atoms with E-state index in [0.717, 1.165) is 29.0 Å². The number of halogens is 1. The van der Waals surface area contributed by atoms with Crippen LogP contribution >= 0.6 is 11.6 Å². The third-order valence-electron chi connectivity index (χ3n) is 4.22. The van der Waals surface area contributed by atoms with Crippen molar-refractivity contribution in [3.8, 4) is 11.3 Å². The Morgan fingerprint density at radius 3 is 2.76 bits per heavy atom. The van der Waals surface area contributed by atoms with Crippen LogP contribution < -0.4 is 0 Å². The lowest BCUT2D eigenvalue weighted by Gasteiger charge is -2.26. The smallest absolute Gasteiger partial charge is 0.307 e. The minimum atomic E-state index is -0.753. The van der Waals surface area contributed by atoms with Gasteiger partial charge in [-0.25, -0.2) is 0 Å². The number of hydrogen-bond acceptors (Lipinski definition) is 3. The van der Waals surface area contributed by atoms with E-state index in [0.29, 0.717) is 17.9 Å². The van der Waals surface area contributed by atoms with Gasteiger partial charge in [-0.05, 0) is 31.4 Å². The molecule has 0 aliphatic heterocycles. The Kier molecular flexibility index (Phi) is 3.72. The number of hydrogen-bond donors (Lipinski definition) is 1. The molecule has 0 bridgehead atoms. The van der Waals surface area contributed by atoms with Crippen LogP contribution in [0.2, 0.25) is 5.02 Å². The van der Waals surface area contributed by atoms with Gasteiger partial charge in [0.2, 0.25) is 0 Å². The van der Waals surface area contributed by atoms with Crippen LogP contribution in [0.5, 0.6) is 0 Å². The molecular formula is C16H16ClNO3. The number of carbonyl (C=O) groups is 1. The van der Waals surface area contributed by atoms with E-state index in [-0.39, 0.29) is 11.8 Å². The van der Waals surface area contributed by atoms with E-state index in [1.54, 1.807) is 0 Å². The number of aliphatic carboxylic acids is 1. The summed E-state index contributed by atoms with van der Waals surface area (Å²) in [6, 6.07) is 7.45. The van der Waals surface area contributed by atoms with Crippen LogP contribution in [0.15, 0.2) is 28.8 Å². The van der Waals surface area contributed by atoms with Gasteiger partial charge < -0.3 is 9.63 Å². The third-order valence-corrected chi connectivity index (χ3v) is 4.47. The first-order chi connectivity index (χ1) is 10.1. The van der Waals surface area contributed by atoms with E-state index in [2.05, 4.69) is 5.16 Å². The summed E-state index contributed by atoms with van der Waals surface area (Å²) in [5.41, 5.74) is 2.80. The molecule has 0 spiro atoms. The Morgan fingerprint density at radius 1 is 1.43 bits per heavy atom. The Balaban J connectivity index is 2.02. The maximum atomic E-state index is 11.4. The topological polar surface area (TPSA) is 63.3 Å². The highest BCUT2D eigenvalue weighted by atomic mass is 35.5. The molecule has 1 aliphatic carbocycles. The van der Waals surface area contributed by atoms with Gasteiger partial charge in [-0.1, -0.05) is 35.8 Å². The molecule has 1 aliphatic rings. The summed E-state index contributed by atoms with van der Waals surface area (Å²) >= 11 is 5.91. The average molecular weight is 306 g/mol.